The third-order valence-electron chi connectivity index (χ3n) is 2.18. The zero-order valence-electron chi connectivity index (χ0n) is 8.90. The maximum absolute atomic E-state index is 11.2. The Kier molecular flexibility index (Phi) is 3.96. The van der Waals surface area contributed by atoms with E-state index in [2.05, 4.69) is 4.98 Å². The minimum Gasteiger partial charge on any atom is -0.330 e. The molecule has 0 unspecified atom stereocenters. The number of nitrogens with two attached hydrogens (primary N) is 1. The number of aromatic nitrogens is 1. The normalized spacial score (nSPS) is 10.9. The van der Waals surface area contributed by atoms with Crippen molar-refractivity contribution in [1.29, 1.82) is 0 Å². The van der Waals surface area contributed by atoms with E-state index in [-0.39, 0.29) is 0 Å². The number of H-pyrrole nitrogens is 1. The van der Waals surface area contributed by atoms with Gasteiger partial charge in [-0.15, -0.1) is 0 Å². The Hall–Kier alpha value is -1.95. The molecule has 86 valence electrons. The highest BCUT2D eigenvalue weighted by molar-refractivity contribution is 5.57. The van der Waals surface area contributed by atoms with Gasteiger partial charge in [0.05, 0.1) is 4.92 Å². The lowest BCUT2D eigenvalue weighted by atomic mass is 10.1. The molecule has 1 aromatic rings. The molecule has 0 aliphatic rings. The Labute approximate surface area is 91.9 Å². The highest BCUT2D eigenvalue weighted by atomic mass is 16.6. The summed E-state index contributed by atoms with van der Waals surface area (Å²) in [6, 6.07) is 0. The molecule has 0 spiro atoms. The zero-order chi connectivity index (χ0) is 12.1. The first-order valence-corrected chi connectivity index (χ1v) is 4.81. The summed E-state index contributed by atoms with van der Waals surface area (Å²) < 4.78 is 0. The molecule has 0 aromatic carbocycles. The van der Waals surface area contributed by atoms with Crippen molar-refractivity contribution in [3.05, 3.63) is 43.9 Å². The van der Waals surface area contributed by atoms with Crippen molar-refractivity contribution >= 4 is 11.8 Å². The molecule has 0 radical (unpaired) electrons. The van der Waals surface area contributed by atoms with Gasteiger partial charge in [0.25, 0.3) is 0 Å². The van der Waals surface area contributed by atoms with Crippen LogP contribution >= 0.6 is 0 Å². The summed E-state index contributed by atoms with van der Waals surface area (Å²) in [5.41, 5.74) is 5.21. The van der Waals surface area contributed by atoms with Crippen LogP contribution in [0.5, 0.6) is 0 Å². The largest absolute Gasteiger partial charge is 0.337 e. The molecule has 1 rings (SSSR count). The van der Waals surface area contributed by atoms with Crippen LogP contribution in [-0.4, -0.2) is 16.5 Å². The lowest BCUT2D eigenvalue weighted by Gasteiger charge is -2.00. The molecule has 0 fully saturated rings. The average molecular weight is 223 g/mol. The highest BCUT2D eigenvalue weighted by Crippen LogP contribution is 2.16. The second kappa shape index (κ2) is 5.22. The summed E-state index contributed by atoms with van der Waals surface area (Å²) in [5, 5.41) is 10.7. The molecule has 1 aromatic heterocycles. The van der Waals surface area contributed by atoms with E-state index in [1.807, 2.05) is 6.08 Å². The number of hydrogen-bond donors (Lipinski definition) is 2. The first-order chi connectivity index (χ1) is 7.57. The molecular formula is C10H13N3O3. The van der Waals surface area contributed by atoms with Crippen LogP contribution in [0.25, 0.3) is 6.08 Å². The lowest BCUT2D eigenvalue weighted by Crippen LogP contribution is -2.13. The molecule has 0 bridgehead atoms. The number of nitro groups is 1. The minimum atomic E-state index is -0.682. The van der Waals surface area contributed by atoms with Crippen molar-refractivity contribution in [3.63, 3.8) is 0 Å². The van der Waals surface area contributed by atoms with Gasteiger partial charge in [-0.3, -0.25) is 14.9 Å². The molecule has 0 saturated carbocycles. The summed E-state index contributed by atoms with van der Waals surface area (Å²) in [6.45, 7) is 2.07. The maximum atomic E-state index is 11.2. The molecular weight excluding hydrogens is 210 g/mol. The van der Waals surface area contributed by atoms with Gasteiger partial charge in [0, 0.05) is 17.3 Å². The second-order valence-corrected chi connectivity index (χ2v) is 3.28. The summed E-state index contributed by atoms with van der Waals surface area (Å²) >= 11 is 0. The van der Waals surface area contributed by atoms with Crippen LogP contribution in [0.3, 0.4) is 0 Å². The average Bonchev–Trinajstić information content (AvgIpc) is 2.21. The second-order valence-electron chi connectivity index (χ2n) is 3.28. The van der Waals surface area contributed by atoms with Crippen LogP contribution in [0.1, 0.15) is 17.5 Å². The fraction of sp³-hybridized carbons (Fsp3) is 0.300. The lowest BCUT2D eigenvalue weighted by molar-refractivity contribution is -0.386. The van der Waals surface area contributed by atoms with E-state index < -0.39 is 16.2 Å². The number of nitrogens with zero attached hydrogens (tertiary/aromatic N) is 1. The quantitative estimate of drug-likeness (QED) is 0.586. The van der Waals surface area contributed by atoms with Gasteiger partial charge in [-0.05, 0) is 19.9 Å². The topological polar surface area (TPSA) is 102 Å². The predicted molar refractivity (Wildman–Crippen MR) is 61.2 cm³/mol. The van der Waals surface area contributed by atoms with Gasteiger partial charge >= 0.3 is 11.2 Å². The molecule has 0 aliphatic heterocycles. The van der Waals surface area contributed by atoms with E-state index in [0.29, 0.717) is 24.1 Å². The van der Waals surface area contributed by atoms with Gasteiger partial charge < -0.3 is 10.7 Å². The van der Waals surface area contributed by atoms with Crippen LogP contribution in [-0.2, 0) is 0 Å². The first kappa shape index (κ1) is 12.1. The van der Waals surface area contributed by atoms with Crippen molar-refractivity contribution in [2.24, 2.45) is 5.73 Å². The SMILES string of the molecule is Cc1c(C=CCCN)c[nH]c(=O)c1[N+](=O)[O-]. The first-order valence-electron chi connectivity index (χ1n) is 4.81. The molecule has 0 aliphatic carbocycles. The van der Waals surface area contributed by atoms with Gasteiger partial charge in [0.2, 0.25) is 0 Å². The van der Waals surface area contributed by atoms with Crippen molar-refractivity contribution in [2.45, 2.75) is 13.3 Å². The van der Waals surface area contributed by atoms with Gasteiger partial charge in [0.15, 0.2) is 0 Å². The van der Waals surface area contributed by atoms with E-state index in [0.717, 1.165) is 0 Å². The monoisotopic (exact) mass is 223 g/mol. The molecule has 0 saturated heterocycles. The molecule has 0 atom stereocenters. The van der Waals surface area contributed by atoms with Gasteiger partial charge in [-0.1, -0.05) is 12.2 Å². The van der Waals surface area contributed by atoms with Crippen LogP contribution in [0.15, 0.2) is 17.1 Å². The van der Waals surface area contributed by atoms with E-state index in [4.69, 9.17) is 5.73 Å². The summed E-state index contributed by atoms with van der Waals surface area (Å²) in [6.07, 6.45) is 5.67. The van der Waals surface area contributed by atoms with Crippen molar-refractivity contribution < 1.29 is 4.92 Å². The third kappa shape index (κ3) is 2.54. The number of hydrogen-bond acceptors (Lipinski definition) is 4. The summed E-state index contributed by atoms with van der Waals surface area (Å²) in [5.74, 6) is 0. The Balaban J connectivity index is 3.19. The predicted octanol–water partition coefficient (Wildman–Crippen LogP) is 0.954. The van der Waals surface area contributed by atoms with Crippen molar-refractivity contribution in [3.8, 4) is 0 Å². The molecule has 6 heteroatoms. The fourth-order valence-electron chi connectivity index (χ4n) is 1.33. The smallest absolute Gasteiger partial charge is 0.330 e. The van der Waals surface area contributed by atoms with Crippen LogP contribution in [0.4, 0.5) is 5.69 Å². The highest BCUT2D eigenvalue weighted by Gasteiger charge is 2.17. The molecule has 1 heterocycles. The van der Waals surface area contributed by atoms with Crippen LogP contribution in [0, 0.1) is 17.0 Å². The fourth-order valence-corrected chi connectivity index (χ4v) is 1.33. The Morgan fingerprint density at radius 3 is 2.88 bits per heavy atom. The van der Waals surface area contributed by atoms with Crippen LogP contribution < -0.4 is 11.3 Å². The summed E-state index contributed by atoms with van der Waals surface area (Å²) in [7, 11) is 0. The molecule has 16 heavy (non-hydrogen) atoms. The number of pyridine rings is 1. The Morgan fingerprint density at radius 1 is 1.62 bits per heavy atom. The molecule has 6 nitrogen and oxygen atoms in total. The maximum Gasteiger partial charge on any atom is 0.337 e. The zero-order valence-corrected chi connectivity index (χ0v) is 8.90. The third-order valence-corrected chi connectivity index (χ3v) is 2.18. The van der Waals surface area contributed by atoms with Gasteiger partial charge in [0.1, 0.15) is 0 Å². The van der Waals surface area contributed by atoms with E-state index in [1.165, 1.54) is 6.20 Å². The van der Waals surface area contributed by atoms with Gasteiger partial charge in [-0.25, -0.2) is 0 Å². The minimum absolute atomic E-state index is 0.363. The number of rotatable bonds is 4. The van der Waals surface area contributed by atoms with Gasteiger partial charge in [-0.2, -0.15) is 0 Å². The Morgan fingerprint density at radius 2 is 2.31 bits per heavy atom. The van der Waals surface area contributed by atoms with E-state index in [9.17, 15) is 14.9 Å². The standard InChI is InChI=1S/C10H13N3O3/c1-7-8(4-2-3-5-11)6-12-10(14)9(7)13(15)16/h2,4,6H,3,5,11H2,1H3,(H,12,14). The molecule has 3 N–H and O–H groups in total. The molecule has 0 amide bonds. The van der Waals surface area contributed by atoms with Crippen molar-refractivity contribution in [2.75, 3.05) is 6.54 Å². The van der Waals surface area contributed by atoms with Crippen molar-refractivity contribution in [1.82, 2.24) is 4.98 Å². The summed E-state index contributed by atoms with van der Waals surface area (Å²) in [4.78, 5) is 23.6. The number of nitrogens with one attached hydrogen (secondary N) is 1. The number of aromatic amines is 1. The van der Waals surface area contributed by atoms with E-state index in [1.54, 1.807) is 13.0 Å². The van der Waals surface area contributed by atoms with Crippen LogP contribution in [0.2, 0.25) is 0 Å². The Bertz CT molecular complexity index is 477. The van der Waals surface area contributed by atoms with E-state index >= 15 is 0 Å².